The zero-order valence-corrected chi connectivity index (χ0v) is 12.7. The number of nitrogens with one attached hydrogen (secondary N) is 1. The molecule has 0 saturated carbocycles. The molecule has 108 valence electrons. The second-order valence-electron chi connectivity index (χ2n) is 5.66. The van der Waals surface area contributed by atoms with E-state index < -0.39 is 14.6 Å². The molecule has 0 aliphatic heterocycles. The van der Waals surface area contributed by atoms with Crippen molar-refractivity contribution >= 4 is 9.84 Å². The quantitative estimate of drug-likeness (QED) is 0.905. The van der Waals surface area contributed by atoms with Gasteiger partial charge in [0.25, 0.3) is 0 Å². The maximum Gasteiger partial charge on any atom is 0.156 e. The van der Waals surface area contributed by atoms with Crippen molar-refractivity contribution < 1.29 is 12.8 Å². The Labute approximate surface area is 115 Å². The highest BCUT2D eigenvalue weighted by atomic mass is 32.2. The Morgan fingerprint density at radius 3 is 2.21 bits per heavy atom. The van der Waals surface area contributed by atoms with Crippen molar-refractivity contribution in [3.05, 3.63) is 35.6 Å². The molecule has 1 N–H and O–H groups in total. The van der Waals surface area contributed by atoms with E-state index in [1.54, 1.807) is 32.9 Å². The van der Waals surface area contributed by atoms with Crippen LogP contribution in [0.4, 0.5) is 4.39 Å². The zero-order chi connectivity index (χ0) is 14.7. The van der Waals surface area contributed by atoms with Crippen LogP contribution in [0.3, 0.4) is 0 Å². The highest BCUT2D eigenvalue weighted by molar-refractivity contribution is 7.92. The van der Waals surface area contributed by atoms with Gasteiger partial charge in [-0.2, -0.15) is 0 Å². The number of hydrogen-bond acceptors (Lipinski definition) is 3. The first-order valence-corrected chi connectivity index (χ1v) is 8.00. The molecule has 0 spiro atoms. The smallest absolute Gasteiger partial charge is 0.156 e. The lowest BCUT2D eigenvalue weighted by Gasteiger charge is -2.20. The molecule has 0 saturated heterocycles. The lowest BCUT2D eigenvalue weighted by molar-refractivity contribution is 0.546. The summed E-state index contributed by atoms with van der Waals surface area (Å²) >= 11 is 0. The molecular weight excluding hydrogens is 265 g/mol. The van der Waals surface area contributed by atoms with Crippen molar-refractivity contribution in [3.63, 3.8) is 0 Å². The Balaban J connectivity index is 2.52. The van der Waals surface area contributed by atoms with Gasteiger partial charge in [0.15, 0.2) is 9.84 Å². The van der Waals surface area contributed by atoms with E-state index in [-0.39, 0.29) is 17.6 Å². The van der Waals surface area contributed by atoms with Crippen molar-refractivity contribution in [1.82, 2.24) is 5.32 Å². The maximum absolute atomic E-state index is 12.8. The predicted molar refractivity (Wildman–Crippen MR) is 76.4 cm³/mol. The molecule has 1 atom stereocenters. The van der Waals surface area contributed by atoms with E-state index in [0.717, 1.165) is 5.56 Å². The van der Waals surface area contributed by atoms with Crippen LogP contribution in [0, 0.1) is 5.82 Å². The molecule has 3 nitrogen and oxygen atoms in total. The fraction of sp³-hybridized carbons (Fsp3) is 0.571. The van der Waals surface area contributed by atoms with E-state index in [9.17, 15) is 12.8 Å². The Bertz CT molecular complexity index is 503. The van der Waals surface area contributed by atoms with Crippen LogP contribution in [0.1, 0.15) is 39.3 Å². The molecule has 0 unspecified atom stereocenters. The van der Waals surface area contributed by atoms with E-state index in [1.807, 2.05) is 6.92 Å². The number of halogens is 1. The van der Waals surface area contributed by atoms with Crippen LogP contribution >= 0.6 is 0 Å². The molecule has 5 heteroatoms. The van der Waals surface area contributed by atoms with Crippen LogP contribution in [-0.4, -0.2) is 25.5 Å². The zero-order valence-electron chi connectivity index (χ0n) is 11.9. The summed E-state index contributed by atoms with van der Waals surface area (Å²) in [5.41, 5.74) is 0.939. The summed E-state index contributed by atoms with van der Waals surface area (Å²) in [4.78, 5) is 0. The summed E-state index contributed by atoms with van der Waals surface area (Å²) in [7, 11) is -3.10. The third kappa shape index (κ3) is 4.58. The van der Waals surface area contributed by atoms with Gasteiger partial charge in [-0.1, -0.05) is 12.1 Å². The van der Waals surface area contributed by atoms with Gasteiger partial charge in [-0.05, 0) is 45.4 Å². The Hall–Kier alpha value is -0.940. The summed E-state index contributed by atoms with van der Waals surface area (Å²) in [5, 5.41) is 3.14. The molecule has 0 fully saturated rings. The molecule has 1 rings (SSSR count). The van der Waals surface area contributed by atoms with Crippen LogP contribution in [0.15, 0.2) is 24.3 Å². The summed E-state index contributed by atoms with van der Waals surface area (Å²) in [6, 6.07) is 6.20. The van der Waals surface area contributed by atoms with Gasteiger partial charge in [-0.25, -0.2) is 12.8 Å². The summed E-state index contributed by atoms with van der Waals surface area (Å²) in [6.45, 7) is 7.41. The van der Waals surface area contributed by atoms with Gasteiger partial charge in [-0.15, -0.1) is 0 Å². The van der Waals surface area contributed by atoms with Crippen molar-refractivity contribution in [2.45, 2.75) is 38.5 Å². The molecule has 19 heavy (non-hydrogen) atoms. The molecule has 1 aromatic rings. The second kappa shape index (κ2) is 6.01. The Morgan fingerprint density at radius 1 is 1.21 bits per heavy atom. The van der Waals surface area contributed by atoms with E-state index in [0.29, 0.717) is 6.54 Å². The van der Waals surface area contributed by atoms with Crippen LogP contribution in [0.2, 0.25) is 0 Å². The molecule has 1 aromatic carbocycles. The first kappa shape index (κ1) is 16.1. The summed E-state index contributed by atoms with van der Waals surface area (Å²) in [5.74, 6) is -0.173. The maximum atomic E-state index is 12.8. The minimum atomic E-state index is -3.10. The minimum Gasteiger partial charge on any atom is -0.309 e. The molecule has 0 aliphatic rings. The Kier molecular flexibility index (Phi) is 5.10. The van der Waals surface area contributed by atoms with Gasteiger partial charge >= 0.3 is 0 Å². The van der Waals surface area contributed by atoms with Gasteiger partial charge in [0, 0.05) is 12.6 Å². The van der Waals surface area contributed by atoms with Crippen LogP contribution in [0.5, 0.6) is 0 Å². The van der Waals surface area contributed by atoms with E-state index in [4.69, 9.17) is 0 Å². The van der Waals surface area contributed by atoms with Crippen LogP contribution in [-0.2, 0) is 9.84 Å². The SMILES string of the molecule is C[C@@H](NCCS(=O)(=O)C(C)(C)C)c1ccc(F)cc1. The summed E-state index contributed by atoms with van der Waals surface area (Å²) in [6.07, 6.45) is 0. The van der Waals surface area contributed by atoms with E-state index >= 15 is 0 Å². The monoisotopic (exact) mass is 287 g/mol. The average Bonchev–Trinajstić information content (AvgIpc) is 2.28. The number of rotatable bonds is 5. The average molecular weight is 287 g/mol. The van der Waals surface area contributed by atoms with Crippen molar-refractivity contribution in [2.75, 3.05) is 12.3 Å². The normalized spacial score (nSPS) is 14.4. The number of sulfone groups is 1. The van der Waals surface area contributed by atoms with Gasteiger partial charge in [0.05, 0.1) is 10.5 Å². The highest BCUT2D eigenvalue weighted by Gasteiger charge is 2.28. The molecule has 0 radical (unpaired) electrons. The predicted octanol–water partition coefficient (Wildman–Crippen LogP) is 2.69. The second-order valence-corrected chi connectivity index (χ2v) is 8.52. The largest absolute Gasteiger partial charge is 0.309 e. The van der Waals surface area contributed by atoms with E-state index in [1.165, 1.54) is 12.1 Å². The van der Waals surface area contributed by atoms with Gasteiger partial charge in [0.1, 0.15) is 5.82 Å². The van der Waals surface area contributed by atoms with Crippen molar-refractivity contribution in [3.8, 4) is 0 Å². The molecule has 0 amide bonds. The fourth-order valence-corrected chi connectivity index (χ4v) is 2.58. The lowest BCUT2D eigenvalue weighted by Crippen LogP contribution is -2.35. The molecule has 0 bridgehead atoms. The lowest BCUT2D eigenvalue weighted by atomic mass is 10.1. The standard InChI is InChI=1S/C14H22FNO2S/c1-11(12-5-7-13(15)8-6-12)16-9-10-19(17,18)14(2,3)4/h5-8,11,16H,9-10H2,1-4H3/t11-/m1/s1. The van der Waals surface area contributed by atoms with Crippen molar-refractivity contribution in [1.29, 1.82) is 0 Å². The third-order valence-corrected chi connectivity index (χ3v) is 5.73. The molecule has 0 aliphatic carbocycles. The number of benzene rings is 1. The van der Waals surface area contributed by atoms with E-state index in [2.05, 4.69) is 5.32 Å². The third-order valence-electron chi connectivity index (χ3n) is 3.12. The molecule has 0 aromatic heterocycles. The van der Waals surface area contributed by atoms with Gasteiger partial charge in [-0.3, -0.25) is 0 Å². The fourth-order valence-electron chi connectivity index (χ4n) is 1.59. The summed E-state index contributed by atoms with van der Waals surface area (Å²) < 4.78 is 35.9. The molecule has 0 heterocycles. The topological polar surface area (TPSA) is 46.2 Å². The van der Waals surface area contributed by atoms with Gasteiger partial charge < -0.3 is 5.32 Å². The first-order chi connectivity index (χ1) is 8.63. The number of hydrogen-bond donors (Lipinski definition) is 1. The van der Waals surface area contributed by atoms with Crippen molar-refractivity contribution in [2.24, 2.45) is 0 Å². The highest BCUT2D eigenvalue weighted by Crippen LogP contribution is 2.16. The Morgan fingerprint density at radius 2 is 1.74 bits per heavy atom. The van der Waals surface area contributed by atoms with Crippen LogP contribution < -0.4 is 5.32 Å². The van der Waals surface area contributed by atoms with Crippen LogP contribution in [0.25, 0.3) is 0 Å². The minimum absolute atomic E-state index is 0.00392. The van der Waals surface area contributed by atoms with Gasteiger partial charge in [0.2, 0.25) is 0 Å². The molecular formula is C14H22FNO2S. The first-order valence-electron chi connectivity index (χ1n) is 6.34.